The fourth-order valence-corrected chi connectivity index (χ4v) is 1.82. The Hall–Kier alpha value is -1.49. The lowest BCUT2D eigenvalue weighted by Gasteiger charge is -2.05. The number of hydrogen-bond donors (Lipinski definition) is 1. The third-order valence-corrected chi connectivity index (χ3v) is 2.52. The molecule has 0 saturated heterocycles. The van der Waals surface area contributed by atoms with E-state index in [9.17, 15) is 9.59 Å². The first-order valence-electron chi connectivity index (χ1n) is 4.19. The van der Waals surface area contributed by atoms with Crippen LogP contribution in [0.4, 0.5) is 0 Å². The fourth-order valence-electron chi connectivity index (χ4n) is 0.985. The highest BCUT2D eigenvalue weighted by Crippen LogP contribution is 2.29. The first-order chi connectivity index (χ1) is 7.13. The van der Waals surface area contributed by atoms with Crippen molar-refractivity contribution in [3.63, 3.8) is 0 Å². The van der Waals surface area contributed by atoms with Crippen molar-refractivity contribution in [2.75, 3.05) is 7.11 Å². The third-order valence-electron chi connectivity index (χ3n) is 1.59. The Morgan fingerprint density at radius 2 is 2.07 bits per heavy atom. The SMILES string of the molecule is COc1ccccc1SC(=O)CC(=O)O. The number of hydrogen-bond acceptors (Lipinski definition) is 4. The van der Waals surface area contributed by atoms with Gasteiger partial charge in [-0.25, -0.2) is 0 Å². The molecule has 1 rings (SSSR count). The van der Waals surface area contributed by atoms with Crippen molar-refractivity contribution in [3.8, 4) is 5.75 Å². The summed E-state index contributed by atoms with van der Waals surface area (Å²) in [5.41, 5.74) is 0. The monoisotopic (exact) mass is 226 g/mol. The zero-order valence-corrected chi connectivity index (χ0v) is 8.91. The second kappa shape index (κ2) is 5.41. The molecule has 0 aliphatic carbocycles. The van der Waals surface area contributed by atoms with Crippen molar-refractivity contribution in [2.24, 2.45) is 0 Å². The lowest BCUT2D eigenvalue weighted by Crippen LogP contribution is -2.02. The summed E-state index contributed by atoms with van der Waals surface area (Å²) in [6.45, 7) is 0. The molecule has 0 aliphatic heterocycles. The van der Waals surface area contributed by atoms with Crippen LogP contribution in [-0.2, 0) is 9.59 Å². The van der Waals surface area contributed by atoms with E-state index in [2.05, 4.69) is 0 Å². The number of carbonyl (C=O) groups excluding carboxylic acids is 1. The van der Waals surface area contributed by atoms with Crippen molar-refractivity contribution in [3.05, 3.63) is 24.3 Å². The molecule has 1 aromatic carbocycles. The number of carbonyl (C=O) groups is 2. The number of aliphatic carboxylic acids is 1. The van der Waals surface area contributed by atoms with Crippen LogP contribution < -0.4 is 4.74 Å². The van der Waals surface area contributed by atoms with Gasteiger partial charge in [0, 0.05) is 0 Å². The van der Waals surface area contributed by atoms with E-state index in [1.165, 1.54) is 7.11 Å². The van der Waals surface area contributed by atoms with Crippen molar-refractivity contribution in [2.45, 2.75) is 11.3 Å². The van der Waals surface area contributed by atoms with Crippen molar-refractivity contribution in [1.29, 1.82) is 0 Å². The van der Waals surface area contributed by atoms with Crippen LogP contribution in [0.1, 0.15) is 6.42 Å². The predicted molar refractivity (Wildman–Crippen MR) is 56.1 cm³/mol. The van der Waals surface area contributed by atoms with E-state index >= 15 is 0 Å². The van der Waals surface area contributed by atoms with Gasteiger partial charge in [0.15, 0.2) is 0 Å². The number of carboxylic acid groups (broad SMARTS) is 1. The van der Waals surface area contributed by atoms with E-state index in [-0.39, 0.29) is 0 Å². The highest BCUT2D eigenvalue weighted by Gasteiger charge is 2.12. The van der Waals surface area contributed by atoms with Crippen LogP contribution in [0.3, 0.4) is 0 Å². The molecule has 0 amide bonds. The largest absolute Gasteiger partial charge is 0.496 e. The summed E-state index contributed by atoms with van der Waals surface area (Å²) >= 11 is 0.878. The Kier molecular flexibility index (Phi) is 4.17. The molecule has 1 N–H and O–H groups in total. The minimum absolute atomic E-state index is 0.410. The topological polar surface area (TPSA) is 63.6 Å². The minimum Gasteiger partial charge on any atom is -0.496 e. The summed E-state index contributed by atoms with van der Waals surface area (Å²) in [5.74, 6) is -0.552. The van der Waals surface area contributed by atoms with Gasteiger partial charge in [0.25, 0.3) is 0 Å². The molecule has 0 atom stereocenters. The summed E-state index contributed by atoms with van der Waals surface area (Å²) in [6.07, 6.45) is -0.483. The minimum atomic E-state index is -1.12. The van der Waals surface area contributed by atoms with Gasteiger partial charge in [-0.05, 0) is 23.9 Å². The van der Waals surface area contributed by atoms with Gasteiger partial charge in [-0.2, -0.15) is 0 Å². The van der Waals surface area contributed by atoms with Crippen molar-refractivity contribution in [1.82, 2.24) is 0 Å². The van der Waals surface area contributed by atoms with Gasteiger partial charge >= 0.3 is 5.97 Å². The molecule has 0 aliphatic rings. The average Bonchev–Trinajstić information content (AvgIpc) is 2.17. The number of benzene rings is 1. The van der Waals surface area contributed by atoms with E-state index in [0.717, 1.165) is 11.8 Å². The molecule has 0 bridgehead atoms. The molecule has 4 nitrogen and oxygen atoms in total. The number of carboxylic acids is 1. The van der Waals surface area contributed by atoms with Gasteiger partial charge in [-0.3, -0.25) is 9.59 Å². The molecule has 15 heavy (non-hydrogen) atoms. The average molecular weight is 226 g/mol. The molecule has 0 radical (unpaired) electrons. The fraction of sp³-hybridized carbons (Fsp3) is 0.200. The first-order valence-corrected chi connectivity index (χ1v) is 5.00. The Morgan fingerprint density at radius 3 is 2.67 bits per heavy atom. The summed E-state index contributed by atoms with van der Waals surface area (Å²) in [7, 11) is 1.50. The molecule has 80 valence electrons. The molecule has 0 spiro atoms. The molecule has 5 heteroatoms. The van der Waals surface area contributed by atoms with Crippen LogP contribution in [0.2, 0.25) is 0 Å². The Labute approximate surface area is 91.2 Å². The highest BCUT2D eigenvalue weighted by molar-refractivity contribution is 8.13. The van der Waals surface area contributed by atoms with E-state index in [1.54, 1.807) is 24.3 Å². The quantitative estimate of drug-likeness (QED) is 0.626. The molecular formula is C10H10O4S. The number of thioether (sulfide) groups is 1. The molecule has 0 saturated carbocycles. The smallest absolute Gasteiger partial charge is 0.311 e. The summed E-state index contributed by atoms with van der Waals surface area (Å²) in [5, 5.41) is 8.01. The zero-order chi connectivity index (χ0) is 11.3. The van der Waals surface area contributed by atoms with Crippen molar-refractivity contribution >= 4 is 22.8 Å². The maximum absolute atomic E-state index is 11.2. The van der Waals surface area contributed by atoms with Crippen LogP contribution in [0.5, 0.6) is 5.75 Å². The first kappa shape index (κ1) is 11.6. The van der Waals surface area contributed by atoms with Gasteiger partial charge in [-0.15, -0.1) is 0 Å². The lowest BCUT2D eigenvalue weighted by atomic mass is 10.3. The Bertz CT molecular complexity index is 375. The van der Waals surface area contributed by atoms with Crippen LogP contribution in [0, 0.1) is 0 Å². The predicted octanol–water partition coefficient (Wildman–Crippen LogP) is 1.79. The second-order valence-corrected chi connectivity index (χ2v) is 3.79. The standard InChI is InChI=1S/C10H10O4S/c1-14-7-4-2-3-5-8(7)15-10(13)6-9(11)12/h2-5H,6H2,1H3,(H,11,12). The molecular weight excluding hydrogens is 216 g/mol. The second-order valence-electron chi connectivity index (χ2n) is 2.70. The van der Waals surface area contributed by atoms with Crippen LogP contribution in [0.25, 0.3) is 0 Å². The van der Waals surface area contributed by atoms with E-state index in [0.29, 0.717) is 10.6 Å². The molecule has 1 aromatic rings. The van der Waals surface area contributed by atoms with E-state index < -0.39 is 17.5 Å². The highest BCUT2D eigenvalue weighted by atomic mass is 32.2. The van der Waals surface area contributed by atoms with Gasteiger partial charge in [0.2, 0.25) is 5.12 Å². The van der Waals surface area contributed by atoms with Gasteiger partial charge in [0.1, 0.15) is 12.2 Å². The summed E-state index contributed by atoms with van der Waals surface area (Å²) in [4.78, 5) is 22.1. The van der Waals surface area contributed by atoms with Gasteiger partial charge in [0.05, 0.1) is 12.0 Å². The van der Waals surface area contributed by atoms with Crippen LogP contribution >= 0.6 is 11.8 Å². The molecule has 0 aromatic heterocycles. The van der Waals surface area contributed by atoms with Gasteiger partial charge < -0.3 is 9.84 Å². The molecule has 0 heterocycles. The molecule has 0 unspecified atom stereocenters. The maximum atomic E-state index is 11.2. The lowest BCUT2D eigenvalue weighted by molar-refractivity contribution is -0.138. The number of methoxy groups -OCH3 is 1. The van der Waals surface area contributed by atoms with Crippen molar-refractivity contribution < 1.29 is 19.4 Å². The third kappa shape index (κ3) is 3.63. The normalized spacial score (nSPS) is 9.67. The van der Waals surface area contributed by atoms with Gasteiger partial charge in [-0.1, -0.05) is 12.1 Å². The molecule has 0 fully saturated rings. The maximum Gasteiger partial charge on any atom is 0.311 e. The number of ether oxygens (including phenoxy) is 1. The Balaban J connectivity index is 2.71. The van der Waals surface area contributed by atoms with E-state index in [1.807, 2.05) is 0 Å². The van der Waals surface area contributed by atoms with E-state index in [4.69, 9.17) is 9.84 Å². The summed E-state index contributed by atoms with van der Waals surface area (Å²) < 4.78 is 5.03. The zero-order valence-electron chi connectivity index (χ0n) is 8.10. The number of rotatable bonds is 4. The van der Waals surface area contributed by atoms with Crippen LogP contribution in [0.15, 0.2) is 29.2 Å². The Morgan fingerprint density at radius 1 is 1.40 bits per heavy atom. The summed E-state index contributed by atoms with van der Waals surface area (Å²) in [6, 6.07) is 6.98. The number of para-hydroxylation sites is 1. The van der Waals surface area contributed by atoms with Crippen LogP contribution in [-0.4, -0.2) is 23.3 Å².